The van der Waals surface area contributed by atoms with Crippen molar-refractivity contribution in [3.8, 4) is 0 Å². The molecule has 0 unspecified atom stereocenters. The highest BCUT2D eigenvalue weighted by atomic mass is 28.4. The molecule has 1 N–H and O–H groups in total. The number of hydrogen-bond donors (Lipinski definition) is 1. The maximum absolute atomic E-state index is 12.2. The molecule has 0 spiro atoms. The maximum atomic E-state index is 12.2. The molecule has 3 saturated carbocycles. The van der Waals surface area contributed by atoms with Gasteiger partial charge in [0.1, 0.15) is 0 Å². The summed E-state index contributed by atoms with van der Waals surface area (Å²) in [7, 11) is -2.61. The fraction of sp³-hybridized carbons (Fsp3) is 0.614. The first-order chi connectivity index (χ1) is 23.3. The van der Waals surface area contributed by atoms with E-state index in [4.69, 9.17) is 9.16 Å². The van der Waals surface area contributed by atoms with Crippen LogP contribution in [0.25, 0.3) is 0 Å². The quantitative estimate of drug-likeness (QED) is 0.118. The van der Waals surface area contributed by atoms with Gasteiger partial charge in [-0.2, -0.15) is 0 Å². The number of ether oxygens (including phenoxy) is 1. The SMILES string of the molecule is C=C(C[C@H](O)[C@@H](C)[C@H]1CC[C@H]2[C@@H]3CC=C4C[C@@H](O[Si](c5ccccc5)(c5ccccc5)C(C)(C)C)CC[C@]4(C)[C@H]3CC[C@]12C)C(=O)OCC. The molecule has 0 heterocycles. The van der Waals surface area contributed by atoms with Crippen LogP contribution in [0.3, 0.4) is 0 Å². The van der Waals surface area contributed by atoms with Gasteiger partial charge in [0.25, 0.3) is 8.32 Å². The molecule has 9 atom stereocenters. The molecule has 49 heavy (non-hydrogen) atoms. The number of rotatable bonds is 10. The summed E-state index contributed by atoms with van der Waals surface area (Å²) in [6.45, 7) is 20.6. The number of esters is 1. The van der Waals surface area contributed by atoms with Crippen molar-refractivity contribution in [3.63, 3.8) is 0 Å². The van der Waals surface area contributed by atoms with Gasteiger partial charge in [-0.3, -0.25) is 0 Å². The molecule has 2 aromatic carbocycles. The van der Waals surface area contributed by atoms with E-state index in [0.717, 1.165) is 19.3 Å². The van der Waals surface area contributed by atoms with Crippen LogP contribution in [0.4, 0.5) is 0 Å². The molecule has 0 radical (unpaired) electrons. The minimum absolute atomic E-state index is 0.0217. The minimum Gasteiger partial charge on any atom is -0.463 e. The third-order valence-corrected chi connectivity index (χ3v) is 19.2. The van der Waals surface area contributed by atoms with E-state index in [1.54, 1.807) is 12.5 Å². The Labute approximate surface area is 297 Å². The van der Waals surface area contributed by atoms with E-state index >= 15 is 0 Å². The molecule has 4 nitrogen and oxygen atoms in total. The first-order valence-corrected chi connectivity index (χ1v) is 21.2. The Bertz CT molecular complexity index is 1470. The van der Waals surface area contributed by atoms with Crippen LogP contribution in [0.1, 0.15) is 106 Å². The Kier molecular flexibility index (Phi) is 10.3. The van der Waals surface area contributed by atoms with Gasteiger partial charge in [-0.25, -0.2) is 4.79 Å². The van der Waals surface area contributed by atoms with Crippen LogP contribution >= 0.6 is 0 Å². The molecule has 4 aliphatic carbocycles. The van der Waals surface area contributed by atoms with E-state index < -0.39 is 14.4 Å². The van der Waals surface area contributed by atoms with Gasteiger partial charge in [-0.15, -0.1) is 0 Å². The molecule has 0 aliphatic heterocycles. The summed E-state index contributed by atoms with van der Waals surface area (Å²) in [6, 6.07) is 22.2. The van der Waals surface area contributed by atoms with Gasteiger partial charge >= 0.3 is 5.97 Å². The van der Waals surface area contributed by atoms with Crippen LogP contribution in [0.15, 0.2) is 84.5 Å². The minimum atomic E-state index is -2.61. The first kappa shape index (κ1) is 36.3. The van der Waals surface area contributed by atoms with Crippen molar-refractivity contribution in [2.24, 2.45) is 40.4 Å². The number of carbonyl (C=O) groups is 1. The van der Waals surface area contributed by atoms with Crippen LogP contribution in [0.5, 0.6) is 0 Å². The second-order valence-corrected chi connectivity index (χ2v) is 21.8. The highest BCUT2D eigenvalue weighted by molar-refractivity contribution is 6.99. The molecular weight excluding hydrogens is 621 g/mol. The predicted molar refractivity (Wildman–Crippen MR) is 203 cm³/mol. The number of fused-ring (bicyclic) bond motifs is 5. The normalized spacial score (nSPS) is 32.6. The van der Waals surface area contributed by atoms with Gasteiger partial charge in [0, 0.05) is 18.1 Å². The molecule has 3 fully saturated rings. The third kappa shape index (κ3) is 6.35. The zero-order valence-corrected chi connectivity index (χ0v) is 32.3. The Balaban J connectivity index is 1.21. The molecule has 0 amide bonds. The van der Waals surface area contributed by atoms with Crippen LogP contribution < -0.4 is 10.4 Å². The van der Waals surface area contributed by atoms with Gasteiger partial charge in [-0.1, -0.05) is 120 Å². The Morgan fingerprint density at radius 3 is 2.18 bits per heavy atom. The van der Waals surface area contributed by atoms with Gasteiger partial charge in [0.2, 0.25) is 0 Å². The lowest BCUT2D eigenvalue weighted by Gasteiger charge is -2.59. The molecule has 5 heteroatoms. The topological polar surface area (TPSA) is 55.8 Å². The average molecular weight is 683 g/mol. The summed E-state index contributed by atoms with van der Waals surface area (Å²) in [5.41, 5.74) is 2.49. The van der Waals surface area contributed by atoms with Crippen molar-refractivity contribution in [2.45, 2.75) is 123 Å². The lowest BCUT2D eigenvalue weighted by molar-refractivity contribution is -0.139. The van der Waals surface area contributed by atoms with Crippen LogP contribution in [-0.2, 0) is 14.0 Å². The zero-order chi connectivity index (χ0) is 35.2. The van der Waals surface area contributed by atoms with Gasteiger partial charge in [0.05, 0.1) is 12.7 Å². The smallest absolute Gasteiger partial charge is 0.333 e. The summed E-state index contributed by atoms with van der Waals surface area (Å²) < 4.78 is 12.8. The summed E-state index contributed by atoms with van der Waals surface area (Å²) in [4.78, 5) is 12.2. The molecule has 4 aliphatic rings. The summed E-state index contributed by atoms with van der Waals surface area (Å²) in [5.74, 6) is 2.29. The summed E-state index contributed by atoms with van der Waals surface area (Å²) in [6.07, 6.45) is 12.0. The van der Waals surface area contributed by atoms with E-state index in [-0.39, 0.29) is 33.9 Å². The lowest BCUT2D eigenvalue weighted by Crippen LogP contribution is -2.68. The van der Waals surface area contributed by atoms with Gasteiger partial charge in [0.15, 0.2) is 0 Å². The highest BCUT2D eigenvalue weighted by Gasteiger charge is 2.60. The molecular formula is C44H62O4Si. The van der Waals surface area contributed by atoms with Crippen LogP contribution in [0.2, 0.25) is 5.04 Å². The van der Waals surface area contributed by atoms with Crippen molar-refractivity contribution in [3.05, 3.63) is 84.5 Å². The van der Waals surface area contributed by atoms with E-state index in [2.05, 4.69) is 115 Å². The number of carbonyl (C=O) groups excluding carboxylic acids is 1. The zero-order valence-electron chi connectivity index (χ0n) is 31.3. The second kappa shape index (κ2) is 13.9. The molecule has 0 bridgehead atoms. The third-order valence-electron chi connectivity index (χ3n) is 14.2. The number of hydrogen-bond acceptors (Lipinski definition) is 4. The summed E-state index contributed by atoms with van der Waals surface area (Å²) >= 11 is 0. The highest BCUT2D eigenvalue weighted by Crippen LogP contribution is 2.67. The second-order valence-electron chi connectivity index (χ2n) is 17.6. The molecule has 0 aromatic heterocycles. The monoisotopic (exact) mass is 682 g/mol. The molecule has 266 valence electrons. The Morgan fingerprint density at radius 2 is 1.59 bits per heavy atom. The van der Waals surface area contributed by atoms with E-state index in [0.29, 0.717) is 42.3 Å². The predicted octanol–water partition coefficient (Wildman–Crippen LogP) is 9.02. The Morgan fingerprint density at radius 1 is 0.959 bits per heavy atom. The first-order valence-electron chi connectivity index (χ1n) is 19.3. The fourth-order valence-electron chi connectivity index (χ4n) is 11.6. The van der Waals surface area contributed by atoms with Gasteiger partial charge in [-0.05, 0) is 114 Å². The van der Waals surface area contributed by atoms with E-state index in [9.17, 15) is 9.90 Å². The number of aliphatic hydroxyl groups is 1. The van der Waals surface area contributed by atoms with Crippen molar-refractivity contribution in [1.29, 1.82) is 0 Å². The van der Waals surface area contributed by atoms with Crippen LogP contribution in [0, 0.1) is 40.4 Å². The van der Waals surface area contributed by atoms with Crippen LogP contribution in [-0.4, -0.2) is 38.2 Å². The molecule has 6 rings (SSSR count). The fourth-order valence-corrected chi connectivity index (χ4v) is 16.3. The van der Waals surface area contributed by atoms with Crippen molar-refractivity contribution in [1.82, 2.24) is 0 Å². The maximum Gasteiger partial charge on any atom is 0.333 e. The van der Waals surface area contributed by atoms with E-state index in [1.165, 1.54) is 42.5 Å². The molecule has 2 aromatic rings. The molecule has 0 saturated heterocycles. The Hall–Kier alpha value is -2.47. The van der Waals surface area contributed by atoms with E-state index in [1.807, 2.05) is 0 Å². The van der Waals surface area contributed by atoms with Crippen molar-refractivity contribution >= 4 is 24.7 Å². The van der Waals surface area contributed by atoms with Crippen molar-refractivity contribution in [2.75, 3.05) is 6.61 Å². The lowest BCUT2D eigenvalue weighted by atomic mass is 9.47. The number of aliphatic hydroxyl groups excluding tert-OH is 1. The number of benzene rings is 2. The largest absolute Gasteiger partial charge is 0.463 e. The van der Waals surface area contributed by atoms with Crippen molar-refractivity contribution < 1.29 is 19.1 Å². The van der Waals surface area contributed by atoms with Gasteiger partial charge < -0.3 is 14.3 Å². The standard InChI is InChI=1S/C44H62O4Si/c1-9-47-41(46)30(2)28-40(45)31(3)37-22-23-38-36-21-20-32-29-33(24-26-43(32,7)39(36)25-27-44(37,38)8)48-49(42(4,5)6,34-16-12-10-13-17-34)35-18-14-11-15-19-35/h10-20,31,33,36-40,45H,2,9,21-29H2,1,3-8H3/t31-,33-,36-,37+,38-,39-,40-,43-,44+/m0/s1. The average Bonchev–Trinajstić information content (AvgIpc) is 3.44. The number of allylic oxidation sites excluding steroid dienone is 1. The summed E-state index contributed by atoms with van der Waals surface area (Å²) in [5, 5.41) is 14.0.